The molecule has 40 heavy (non-hydrogen) atoms. The van der Waals surface area contributed by atoms with Gasteiger partial charge in [-0.2, -0.15) is 0 Å². The van der Waals surface area contributed by atoms with E-state index in [0.717, 1.165) is 25.7 Å². The minimum atomic E-state index is -0.772. The standard InChI is InChI=1S/C28H42N4O8/c1-3-39-23(33)15-13-21-25(35)31-19-9-7-5-6-8-10-20-32-26(36)22(14-16-24(34)40-4-2)30(28(32)38)18-12-11-17-29(21)27(31)37/h11-12,21-22H,3-10,13-20H2,1-2H3/b12-11-. The molecule has 3 rings (SSSR count). The average Bonchev–Trinajstić information content (AvgIpc) is 3.28. The van der Waals surface area contributed by atoms with Crippen LogP contribution in [0.2, 0.25) is 0 Å². The largest absolute Gasteiger partial charge is 0.466 e. The summed E-state index contributed by atoms with van der Waals surface area (Å²) >= 11 is 0. The van der Waals surface area contributed by atoms with E-state index < -0.39 is 36.1 Å². The summed E-state index contributed by atoms with van der Waals surface area (Å²) in [7, 11) is 0. The highest BCUT2D eigenvalue weighted by Crippen LogP contribution is 2.25. The molecular weight excluding hydrogens is 520 g/mol. The highest BCUT2D eigenvalue weighted by atomic mass is 16.5. The zero-order valence-electron chi connectivity index (χ0n) is 23.7. The van der Waals surface area contributed by atoms with Gasteiger partial charge in [-0.3, -0.25) is 29.0 Å². The number of imide groups is 2. The van der Waals surface area contributed by atoms with E-state index in [1.807, 2.05) is 0 Å². The van der Waals surface area contributed by atoms with Gasteiger partial charge in [0.05, 0.1) is 13.2 Å². The lowest BCUT2D eigenvalue weighted by atomic mass is 10.1. The highest BCUT2D eigenvalue weighted by Gasteiger charge is 2.45. The Morgan fingerprint density at radius 2 is 1.05 bits per heavy atom. The van der Waals surface area contributed by atoms with Gasteiger partial charge in [0.1, 0.15) is 12.1 Å². The summed E-state index contributed by atoms with van der Waals surface area (Å²) in [6, 6.07) is -2.33. The monoisotopic (exact) mass is 562 g/mol. The van der Waals surface area contributed by atoms with Crippen molar-refractivity contribution in [3.63, 3.8) is 0 Å². The minimum Gasteiger partial charge on any atom is -0.466 e. The predicted octanol–water partition coefficient (Wildman–Crippen LogP) is 2.85. The lowest BCUT2D eigenvalue weighted by Gasteiger charge is -2.21. The minimum absolute atomic E-state index is 0.0218. The highest BCUT2D eigenvalue weighted by molar-refractivity contribution is 6.05. The van der Waals surface area contributed by atoms with Gasteiger partial charge in [-0.1, -0.05) is 37.8 Å². The number of carbonyl (C=O) groups is 6. The van der Waals surface area contributed by atoms with Gasteiger partial charge in [0, 0.05) is 39.0 Å². The molecule has 3 aliphatic rings. The zero-order chi connectivity index (χ0) is 29.1. The lowest BCUT2D eigenvalue weighted by Crippen LogP contribution is -2.37. The number of amides is 6. The first-order valence-corrected chi connectivity index (χ1v) is 14.5. The summed E-state index contributed by atoms with van der Waals surface area (Å²) in [4.78, 5) is 82.0. The van der Waals surface area contributed by atoms with Crippen molar-refractivity contribution in [3.05, 3.63) is 12.2 Å². The van der Waals surface area contributed by atoms with Crippen LogP contribution in [0.5, 0.6) is 0 Å². The van der Waals surface area contributed by atoms with Crippen LogP contribution in [0.25, 0.3) is 0 Å². The second-order valence-electron chi connectivity index (χ2n) is 10.2. The predicted molar refractivity (Wildman–Crippen MR) is 144 cm³/mol. The summed E-state index contributed by atoms with van der Waals surface area (Å²) in [5.41, 5.74) is 0. The van der Waals surface area contributed by atoms with Crippen molar-refractivity contribution in [3.8, 4) is 0 Å². The quantitative estimate of drug-likeness (QED) is 0.251. The number of ether oxygens (including phenoxy) is 2. The Morgan fingerprint density at radius 3 is 1.43 bits per heavy atom. The summed E-state index contributed by atoms with van der Waals surface area (Å²) in [6.45, 7) is 4.79. The molecule has 0 spiro atoms. The number of hydrogen-bond donors (Lipinski definition) is 0. The number of esters is 2. The van der Waals surface area contributed by atoms with E-state index in [9.17, 15) is 28.8 Å². The number of urea groups is 2. The average molecular weight is 563 g/mol. The van der Waals surface area contributed by atoms with Crippen molar-refractivity contribution in [1.29, 1.82) is 0 Å². The molecule has 0 saturated carbocycles. The Morgan fingerprint density at radius 1 is 0.675 bits per heavy atom. The van der Waals surface area contributed by atoms with Gasteiger partial charge in [-0.05, 0) is 39.5 Å². The molecule has 0 aliphatic carbocycles. The van der Waals surface area contributed by atoms with E-state index in [-0.39, 0.29) is 63.8 Å². The molecule has 4 bridgehead atoms. The fraction of sp³-hybridized carbons (Fsp3) is 0.714. The number of fused-ring (bicyclic) bond motifs is 4. The van der Waals surface area contributed by atoms with Gasteiger partial charge in [0.2, 0.25) is 0 Å². The summed E-state index contributed by atoms with van der Waals surface area (Å²) < 4.78 is 9.99. The van der Waals surface area contributed by atoms with Crippen LogP contribution in [0.4, 0.5) is 9.59 Å². The second kappa shape index (κ2) is 15.4. The van der Waals surface area contributed by atoms with Crippen LogP contribution in [0.1, 0.15) is 78.1 Å². The molecule has 0 N–H and O–H groups in total. The van der Waals surface area contributed by atoms with Crippen molar-refractivity contribution in [2.75, 3.05) is 39.4 Å². The normalized spacial score (nSPS) is 23.8. The molecule has 0 aromatic rings. The van der Waals surface area contributed by atoms with Crippen molar-refractivity contribution in [1.82, 2.24) is 19.6 Å². The number of carbonyl (C=O) groups excluding carboxylic acids is 6. The first kappa shape index (κ1) is 31.1. The third-order valence-corrected chi connectivity index (χ3v) is 7.45. The van der Waals surface area contributed by atoms with Crippen LogP contribution >= 0.6 is 0 Å². The van der Waals surface area contributed by atoms with Crippen LogP contribution in [0.15, 0.2) is 12.2 Å². The molecule has 3 heterocycles. The summed E-state index contributed by atoms with van der Waals surface area (Å²) in [6.07, 6.45) is 8.63. The van der Waals surface area contributed by atoms with Gasteiger partial charge in [-0.15, -0.1) is 0 Å². The lowest BCUT2D eigenvalue weighted by molar-refractivity contribution is -0.144. The molecule has 0 aromatic heterocycles. The van der Waals surface area contributed by atoms with E-state index in [1.165, 1.54) is 19.6 Å². The van der Waals surface area contributed by atoms with Crippen LogP contribution in [0, 0.1) is 0 Å². The molecule has 0 aromatic carbocycles. The van der Waals surface area contributed by atoms with Gasteiger partial charge >= 0.3 is 24.0 Å². The molecule has 0 radical (unpaired) electrons. The zero-order valence-corrected chi connectivity index (χ0v) is 23.7. The number of nitrogens with zero attached hydrogens (tertiary/aromatic N) is 4. The Hall–Kier alpha value is -3.44. The first-order valence-electron chi connectivity index (χ1n) is 14.5. The molecule has 2 unspecified atom stereocenters. The maximum atomic E-state index is 13.2. The SMILES string of the molecule is CCOC(=O)CCC1C(=O)N2CCCCCCCCN3C(=O)C(CCC(=O)OCC)N(C/C=C\CN1C2=O)C3=O. The fourth-order valence-corrected chi connectivity index (χ4v) is 5.37. The third-order valence-electron chi connectivity index (χ3n) is 7.45. The Kier molecular flexibility index (Phi) is 12.0. The summed E-state index contributed by atoms with van der Waals surface area (Å²) in [5, 5.41) is 0. The van der Waals surface area contributed by atoms with E-state index in [2.05, 4.69) is 0 Å². The van der Waals surface area contributed by atoms with Crippen LogP contribution in [-0.2, 0) is 28.7 Å². The number of rotatable bonds is 8. The van der Waals surface area contributed by atoms with Crippen molar-refractivity contribution < 1.29 is 38.2 Å². The van der Waals surface area contributed by atoms with Crippen molar-refractivity contribution in [2.45, 2.75) is 90.1 Å². The van der Waals surface area contributed by atoms with E-state index in [1.54, 1.807) is 26.0 Å². The Bertz CT molecular complexity index is 907. The van der Waals surface area contributed by atoms with Gasteiger partial charge in [-0.25, -0.2) is 9.59 Å². The maximum absolute atomic E-state index is 13.2. The fourth-order valence-electron chi connectivity index (χ4n) is 5.37. The van der Waals surface area contributed by atoms with Gasteiger partial charge in [0.25, 0.3) is 11.8 Å². The van der Waals surface area contributed by atoms with E-state index >= 15 is 0 Å². The number of hydrogen-bond acceptors (Lipinski definition) is 8. The third kappa shape index (κ3) is 7.82. The Labute approximate surface area is 235 Å². The molecular formula is C28H42N4O8. The van der Waals surface area contributed by atoms with Crippen LogP contribution < -0.4 is 0 Å². The molecule has 222 valence electrons. The van der Waals surface area contributed by atoms with Crippen molar-refractivity contribution in [2.24, 2.45) is 0 Å². The van der Waals surface area contributed by atoms with Crippen molar-refractivity contribution >= 4 is 35.8 Å². The van der Waals surface area contributed by atoms with Crippen LogP contribution in [0.3, 0.4) is 0 Å². The van der Waals surface area contributed by atoms with E-state index in [0.29, 0.717) is 25.9 Å². The topological polar surface area (TPSA) is 134 Å². The molecule has 2 atom stereocenters. The molecule has 6 amide bonds. The first-order chi connectivity index (χ1) is 19.3. The molecule has 2 fully saturated rings. The smallest absolute Gasteiger partial charge is 0.327 e. The van der Waals surface area contributed by atoms with Crippen LogP contribution in [-0.4, -0.2) is 107 Å². The molecule has 3 aliphatic heterocycles. The molecule has 12 nitrogen and oxygen atoms in total. The van der Waals surface area contributed by atoms with Gasteiger partial charge < -0.3 is 19.3 Å². The second-order valence-corrected chi connectivity index (χ2v) is 10.2. The maximum Gasteiger partial charge on any atom is 0.327 e. The Balaban J connectivity index is 1.77. The van der Waals surface area contributed by atoms with E-state index in [4.69, 9.17) is 9.47 Å². The van der Waals surface area contributed by atoms with Gasteiger partial charge in [0.15, 0.2) is 0 Å². The molecule has 12 heteroatoms. The summed E-state index contributed by atoms with van der Waals surface area (Å²) in [5.74, 6) is -1.46. The molecule has 2 saturated heterocycles.